The minimum atomic E-state index is -0.686. The van der Waals surface area contributed by atoms with Gasteiger partial charge in [-0.05, 0) is 114 Å². The number of aromatic nitrogens is 1. The van der Waals surface area contributed by atoms with Crippen molar-refractivity contribution in [1.82, 2.24) is 9.88 Å². The lowest BCUT2D eigenvalue weighted by Gasteiger charge is -2.44. The Bertz CT molecular complexity index is 2280. The zero-order chi connectivity index (χ0) is 49.2. The summed E-state index contributed by atoms with van der Waals surface area (Å²) in [5, 5.41) is 4.37. The molecule has 70 heavy (non-hydrogen) atoms. The standard InChI is InChI=1S/C55H75N3O11S/c1-10-35-19-15-21-44(69-46-23-22-43(58(5)6)31(3)65-46)30(2)49(60)41-27-39-38-25-37(68-54-52(63-9)51(62-8)50(61-7)32(4)66-54)26-42(38)53-48(47(39)40(41)28-45(59)67-35)57-55(70-53)56-34-18-14-20-36(24-34)64-29-33-16-12-11-13-17-33/h11-14,16-18,20,24,27,30-32,35,37-40,42-44,46-47,50-52,54H,10,15,19,21-23,25-26,28-29H2,1-9H3,(H,56,57)/t30-,31-,32+,35+,37+,38+,39+,40-,42?,43+,44+,46+,47?,50+,51-,52-,54+/m1/s1. The second kappa shape index (κ2) is 22.6. The lowest BCUT2D eigenvalue weighted by atomic mass is 9.67. The van der Waals surface area contributed by atoms with Gasteiger partial charge in [0.15, 0.2) is 23.5 Å². The van der Waals surface area contributed by atoms with Crippen molar-refractivity contribution in [2.45, 2.75) is 171 Å². The van der Waals surface area contributed by atoms with Gasteiger partial charge in [0.1, 0.15) is 36.8 Å². The minimum absolute atomic E-state index is 0.00663. The zero-order valence-electron chi connectivity index (χ0n) is 42.5. The van der Waals surface area contributed by atoms with E-state index in [0.717, 1.165) is 64.8 Å². The summed E-state index contributed by atoms with van der Waals surface area (Å²) in [5.41, 5.74) is 3.56. The highest BCUT2D eigenvalue weighted by Crippen LogP contribution is 2.63. The summed E-state index contributed by atoms with van der Waals surface area (Å²) in [5.74, 6) is -0.531. The molecule has 0 radical (unpaired) electrons. The first-order valence-corrected chi connectivity index (χ1v) is 26.6. The van der Waals surface area contributed by atoms with Gasteiger partial charge in [-0.15, -0.1) is 11.3 Å². The fraction of sp³-hybridized carbons (Fsp3) is 0.655. The number of Topliss-reactive ketones (excluding diaryl/α,β-unsaturated/α-hetero) is 1. The number of likely N-dealkylation sites (N-methyl/N-ethyl adjacent to an activating group) is 1. The van der Waals surface area contributed by atoms with Crippen LogP contribution in [0, 0.1) is 23.7 Å². The van der Waals surface area contributed by atoms with Crippen LogP contribution in [0.4, 0.5) is 10.8 Å². The molecule has 382 valence electrons. The van der Waals surface area contributed by atoms with Crippen molar-refractivity contribution in [3.05, 3.63) is 82.4 Å². The molecule has 0 spiro atoms. The highest BCUT2D eigenvalue weighted by Gasteiger charge is 2.57. The number of methoxy groups -OCH3 is 3. The number of allylic oxidation sites excluding steroid dienone is 2. The van der Waals surface area contributed by atoms with Crippen molar-refractivity contribution in [3.8, 4) is 5.75 Å². The maximum Gasteiger partial charge on any atom is 0.306 e. The largest absolute Gasteiger partial charge is 0.489 e. The number of ether oxygens (including phenoxy) is 9. The summed E-state index contributed by atoms with van der Waals surface area (Å²) in [4.78, 5) is 38.4. The number of carbonyl (C=O) groups excluding carboxylic acids is 2. The predicted octanol–water partition coefficient (Wildman–Crippen LogP) is 9.35. The van der Waals surface area contributed by atoms with Crippen LogP contribution in [-0.2, 0) is 54.1 Å². The number of nitrogens with zero attached hydrogens (tertiary/aromatic N) is 2. The summed E-state index contributed by atoms with van der Waals surface area (Å²) in [7, 11) is 9.15. The molecule has 2 aromatic carbocycles. The first-order valence-electron chi connectivity index (χ1n) is 25.7. The number of nitrogens with one attached hydrogen (secondary N) is 1. The predicted molar refractivity (Wildman–Crippen MR) is 266 cm³/mol. The Morgan fingerprint density at radius 2 is 1.63 bits per heavy atom. The summed E-state index contributed by atoms with van der Waals surface area (Å²) < 4.78 is 57.1. The van der Waals surface area contributed by atoms with Crippen molar-refractivity contribution < 1.29 is 52.2 Å². The average molecular weight is 986 g/mol. The second-order valence-corrected chi connectivity index (χ2v) is 21.7. The van der Waals surface area contributed by atoms with Crippen molar-refractivity contribution in [1.29, 1.82) is 0 Å². The molecule has 17 atom stereocenters. The number of cyclic esters (lactones) is 1. The van der Waals surface area contributed by atoms with E-state index in [2.05, 4.69) is 44.2 Å². The lowest BCUT2D eigenvalue weighted by Crippen LogP contribution is -2.59. The van der Waals surface area contributed by atoms with E-state index in [-0.39, 0.29) is 78.5 Å². The number of fused-ring (bicyclic) bond motifs is 8. The van der Waals surface area contributed by atoms with Crippen LogP contribution >= 0.6 is 11.3 Å². The Balaban J connectivity index is 1.04. The molecule has 3 saturated heterocycles. The Labute approximate surface area is 418 Å². The molecule has 1 N–H and O–H groups in total. The molecule has 3 aliphatic carbocycles. The Hall–Kier alpha value is -3.77. The van der Waals surface area contributed by atoms with E-state index in [0.29, 0.717) is 37.5 Å². The molecule has 4 fully saturated rings. The fourth-order valence-electron chi connectivity index (χ4n) is 12.7. The third kappa shape index (κ3) is 10.8. The Morgan fingerprint density at radius 3 is 2.36 bits per heavy atom. The number of ketones is 1. The van der Waals surface area contributed by atoms with Gasteiger partial charge >= 0.3 is 5.97 Å². The minimum Gasteiger partial charge on any atom is -0.489 e. The van der Waals surface area contributed by atoms with E-state index in [1.807, 2.05) is 68.4 Å². The summed E-state index contributed by atoms with van der Waals surface area (Å²) in [6, 6.07) is 18.4. The number of esters is 1. The van der Waals surface area contributed by atoms with Crippen LogP contribution in [0.15, 0.2) is 66.2 Å². The van der Waals surface area contributed by atoms with Crippen LogP contribution in [0.3, 0.4) is 0 Å². The zero-order valence-corrected chi connectivity index (χ0v) is 43.3. The van der Waals surface area contributed by atoms with Gasteiger partial charge in [0, 0.05) is 67.7 Å². The van der Waals surface area contributed by atoms with Gasteiger partial charge < -0.3 is 52.8 Å². The number of thiazole rings is 1. The molecule has 14 nitrogen and oxygen atoms in total. The van der Waals surface area contributed by atoms with Crippen molar-refractivity contribution >= 4 is 33.9 Å². The molecule has 1 saturated carbocycles. The van der Waals surface area contributed by atoms with Crippen LogP contribution < -0.4 is 10.1 Å². The third-order valence-electron chi connectivity index (χ3n) is 16.2. The number of anilines is 2. The molecule has 3 aliphatic heterocycles. The molecule has 3 aromatic rings. The van der Waals surface area contributed by atoms with Gasteiger partial charge in [-0.1, -0.05) is 56.3 Å². The van der Waals surface area contributed by atoms with Crippen LogP contribution in [0.25, 0.3) is 0 Å². The van der Waals surface area contributed by atoms with Crippen LogP contribution in [0.2, 0.25) is 0 Å². The quantitative estimate of drug-likeness (QED) is 0.153. The summed E-state index contributed by atoms with van der Waals surface area (Å²) in [6.45, 7) is 8.61. The average Bonchev–Trinajstić information content (AvgIpc) is 4.07. The van der Waals surface area contributed by atoms with Crippen LogP contribution in [0.1, 0.15) is 113 Å². The number of rotatable bonds is 14. The SMILES string of the molecule is CC[C@H]1CCC[C@H](O[C@H]2CC[C@H](N(C)C)[C@@H](C)O2)[C@@H](C)C(=O)C2=C[C@@H]3C(c4nc(Nc5cccc(OCc6ccccc6)c5)sc4C4C[C@@H](O[C@@H]5O[C@@H](C)[C@H](OC)[C@@H](OC)[C@H]5OC)C[C@H]43)[C@@H]2CC(=O)O1. The van der Waals surface area contributed by atoms with E-state index in [1.165, 1.54) is 0 Å². The van der Waals surface area contributed by atoms with E-state index < -0.39 is 36.6 Å². The van der Waals surface area contributed by atoms with Gasteiger partial charge in [0.05, 0.1) is 36.5 Å². The first-order chi connectivity index (χ1) is 33.9. The van der Waals surface area contributed by atoms with Crippen molar-refractivity contribution in [2.75, 3.05) is 40.7 Å². The normalized spacial score (nSPS) is 36.7. The highest BCUT2D eigenvalue weighted by molar-refractivity contribution is 7.15. The molecule has 4 heterocycles. The molecular weight excluding hydrogens is 911 g/mol. The van der Waals surface area contributed by atoms with Gasteiger partial charge in [0.2, 0.25) is 0 Å². The third-order valence-corrected chi connectivity index (χ3v) is 17.3. The molecular formula is C55H75N3O11S. The molecule has 1 aromatic heterocycles. The van der Waals surface area contributed by atoms with Gasteiger partial charge in [-0.2, -0.15) is 0 Å². The smallest absolute Gasteiger partial charge is 0.306 e. The first kappa shape index (κ1) is 51.1. The van der Waals surface area contributed by atoms with E-state index in [4.69, 9.17) is 47.6 Å². The van der Waals surface area contributed by atoms with Gasteiger partial charge in [-0.25, -0.2) is 4.98 Å². The molecule has 2 unspecified atom stereocenters. The number of carbonyl (C=O) groups is 2. The molecule has 9 rings (SSSR count). The Kier molecular flexibility index (Phi) is 16.5. The highest BCUT2D eigenvalue weighted by atomic mass is 32.1. The van der Waals surface area contributed by atoms with Crippen LogP contribution in [0.5, 0.6) is 5.75 Å². The van der Waals surface area contributed by atoms with Gasteiger partial charge in [-0.3, -0.25) is 9.59 Å². The van der Waals surface area contributed by atoms with E-state index in [1.54, 1.807) is 32.7 Å². The topological polar surface area (TPSA) is 145 Å². The number of hydrogen-bond donors (Lipinski definition) is 1. The van der Waals surface area contributed by atoms with Crippen molar-refractivity contribution in [3.63, 3.8) is 0 Å². The molecule has 6 aliphatic rings. The van der Waals surface area contributed by atoms with Gasteiger partial charge in [0.25, 0.3) is 0 Å². The monoisotopic (exact) mass is 986 g/mol. The molecule has 15 heteroatoms. The summed E-state index contributed by atoms with van der Waals surface area (Å²) in [6.07, 6.45) is 4.87. The van der Waals surface area contributed by atoms with E-state index in [9.17, 15) is 4.79 Å². The van der Waals surface area contributed by atoms with Crippen LogP contribution in [-0.4, -0.2) is 125 Å². The second-order valence-electron chi connectivity index (χ2n) is 20.7. The van der Waals surface area contributed by atoms with Crippen molar-refractivity contribution in [2.24, 2.45) is 23.7 Å². The fourth-order valence-corrected chi connectivity index (χ4v) is 13.9. The molecule has 0 amide bonds. The number of hydrogen-bond acceptors (Lipinski definition) is 15. The molecule has 0 bridgehead atoms. The Morgan fingerprint density at radius 1 is 0.843 bits per heavy atom. The summed E-state index contributed by atoms with van der Waals surface area (Å²) >= 11 is 1.65. The maximum atomic E-state index is 15.4. The van der Waals surface area contributed by atoms with E-state index >= 15 is 4.79 Å². The maximum absolute atomic E-state index is 15.4. The number of benzene rings is 2. The lowest BCUT2D eigenvalue weighted by molar-refractivity contribution is -0.314.